The number of nitrogens with zero attached hydrogens (tertiary/aromatic N) is 2. The highest BCUT2D eigenvalue weighted by Gasteiger charge is 2.46. The minimum absolute atomic E-state index is 0.0284. The van der Waals surface area contributed by atoms with Gasteiger partial charge in [-0.3, -0.25) is 14.6 Å². The van der Waals surface area contributed by atoms with Crippen LogP contribution in [-0.4, -0.2) is 33.3 Å². The summed E-state index contributed by atoms with van der Waals surface area (Å²) in [5.41, 5.74) is 2.93. The summed E-state index contributed by atoms with van der Waals surface area (Å²) in [6.45, 7) is 2.79. The lowest BCUT2D eigenvalue weighted by Gasteiger charge is -2.26. The topological polar surface area (TPSA) is 89.0 Å². The van der Waals surface area contributed by atoms with E-state index in [9.17, 15) is 14.7 Å². The Labute approximate surface area is 227 Å². The fraction of sp³-hybridized carbons (Fsp3) is 0.156. The van der Waals surface area contributed by atoms with Crippen molar-refractivity contribution in [3.63, 3.8) is 0 Å². The molecule has 5 rings (SSSR count). The van der Waals surface area contributed by atoms with E-state index >= 15 is 0 Å². The summed E-state index contributed by atoms with van der Waals surface area (Å²) in [6.07, 6.45) is 3.27. The molecule has 1 amide bonds. The van der Waals surface area contributed by atoms with Crippen LogP contribution < -0.4 is 9.47 Å². The highest BCUT2D eigenvalue weighted by molar-refractivity contribution is 6.46. The Balaban J connectivity index is 1.58. The average Bonchev–Trinajstić information content (AvgIpc) is 3.22. The molecule has 39 heavy (non-hydrogen) atoms. The summed E-state index contributed by atoms with van der Waals surface area (Å²) in [5, 5.41) is 11.3. The molecule has 1 N–H and O–H groups in total. The summed E-state index contributed by atoms with van der Waals surface area (Å²) in [4.78, 5) is 32.2. The molecular formula is C32H28N2O5. The molecule has 1 saturated heterocycles. The van der Waals surface area contributed by atoms with Crippen LogP contribution in [0.1, 0.15) is 35.2 Å². The van der Waals surface area contributed by atoms with Crippen LogP contribution in [0.2, 0.25) is 0 Å². The predicted octanol–water partition coefficient (Wildman–Crippen LogP) is 5.68. The zero-order valence-corrected chi connectivity index (χ0v) is 21.5. The molecule has 4 aromatic rings. The predicted molar refractivity (Wildman–Crippen MR) is 147 cm³/mol. The second-order valence-electron chi connectivity index (χ2n) is 9.06. The van der Waals surface area contributed by atoms with Crippen LogP contribution in [0.3, 0.4) is 0 Å². The van der Waals surface area contributed by atoms with Gasteiger partial charge in [-0.1, -0.05) is 66.7 Å². The maximum atomic E-state index is 13.4. The summed E-state index contributed by atoms with van der Waals surface area (Å²) >= 11 is 0. The van der Waals surface area contributed by atoms with E-state index in [1.807, 2.05) is 43.3 Å². The van der Waals surface area contributed by atoms with E-state index in [2.05, 4.69) is 4.98 Å². The van der Waals surface area contributed by atoms with Crippen LogP contribution >= 0.6 is 0 Å². The lowest BCUT2D eigenvalue weighted by atomic mass is 9.95. The zero-order chi connectivity index (χ0) is 27.2. The Hall–Kier alpha value is -4.91. The molecule has 1 fully saturated rings. The van der Waals surface area contributed by atoms with Gasteiger partial charge in [0.25, 0.3) is 11.7 Å². The SMILES string of the molecule is CCOc1cc(C2C(=C(O)c3ccccc3)C(=O)C(=O)N2Cc2ccncc2)ccc1OCc1ccccc1. The Morgan fingerprint density at radius 2 is 1.54 bits per heavy atom. The summed E-state index contributed by atoms with van der Waals surface area (Å²) in [7, 11) is 0. The number of pyridine rings is 1. The van der Waals surface area contributed by atoms with Crippen molar-refractivity contribution in [3.8, 4) is 11.5 Å². The molecule has 0 bridgehead atoms. The maximum absolute atomic E-state index is 13.4. The van der Waals surface area contributed by atoms with Crippen LogP contribution in [0, 0.1) is 0 Å². The molecular weight excluding hydrogens is 492 g/mol. The van der Waals surface area contributed by atoms with Gasteiger partial charge < -0.3 is 19.5 Å². The van der Waals surface area contributed by atoms with Gasteiger partial charge in [-0.2, -0.15) is 0 Å². The number of ketones is 1. The maximum Gasteiger partial charge on any atom is 0.295 e. The van der Waals surface area contributed by atoms with Gasteiger partial charge in [0.05, 0.1) is 18.2 Å². The number of aliphatic hydroxyl groups is 1. The highest BCUT2D eigenvalue weighted by atomic mass is 16.5. The van der Waals surface area contributed by atoms with Gasteiger partial charge in [-0.25, -0.2) is 0 Å². The van der Waals surface area contributed by atoms with Crippen molar-refractivity contribution in [2.24, 2.45) is 0 Å². The van der Waals surface area contributed by atoms with Crippen LogP contribution in [0.25, 0.3) is 5.76 Å². The van der Waals surface area contributed by atoms with Crippen molar-refractivity contribution < 1.29 is 24.2 Å². The van der Waals surface area contributed by atoms with Crippen molar-refractivity contribution in [2.75, 3.05) is 6.61 Å². The standard InChI is InChI=1S/C32H28N2O5/c1-2-38-27-19-25(13-14-26(27)39-21-23-9-5-3-6-10-23)29-28(30(35)24-11-7-4-8-12-24)31(36)32(37)34(29)20-22-15-17-33-18-16-22/h3-19,29,35H,2,20-21H2,1H3. The average molecular weight is 521 g/mol. The molecule has 1 aliphatic rings. The van der Waals surface area contributed by atoms with Gasteiger partial charge in [0.15, 0.2) is 11.5 Å². The number of aliphatic hydroxyl groups excluding tert-OH is 1. The smallest absolute Gasteiger partial charge is 0.295 e. The van der Waals surface area contributed by atoms with Crippen molar-refractivity contribution in [3.05, 3.63) is 131 Å². The molecule has 3 aromatic carbocycles. The molecule has 1 atom stereocenters. The summed E-state index contributed by atoms with van der Waals surface area (Å²) in [5.74, 6) is -0.619. The summed E-state index contributed by atoms with van der Waals surface area (Å²) in [6, 6.07) is 26.7. The van der Waals surface area contributed by atoms with Gasteiger partial charge in [-0.15, -0.1) is 0 Å². The normalized spacial score (nSPS) is 16.3. The fourth-order valence-corrected chi connectivity index (χ4v) is 4.64. The minimum Gasteiger partial charge on any atom is -0.507 e. The van der Waals surface area contributed by atoms with E-state index in [0.717, 1.165) is 11.1 Å². The third-order valence-corrected chi connectivity index (χ3v) is 6.51. The molecule has 1 aliphatic heterocycles. The monoisotopic (exact) mass is 520 g/mol. The van der Waals surface area contributed by atoms with Crippen molar-refractivity contribution >= 4 is 17.4 Å². The number of ether oxygens (including phenoxy) is 2. The minimum atomic E-state index is -0.833. The molecule has 1 unspecified atom stereocenters. The number of carbonyl (C=O) groups is 2. The van der Waals surface area contributed by atoms with Gasteiger partial charge in [-0.05, 0) is 47.9 Å². The van der Waals surface area contributed by atoms with Gasteiger partial charge in [0.1, 0.15) is 12.4 Å². The number of rotatable bonds is 9. The Bertz CT molecular complexity index is 1490. The highest BCUT2D eigenvalue weighted by Crippen LogP contribution is 2.42. The molecule has 1 aromatic heterocycles. The second kappa shape index (κ2) is 11.6. The van der Waals surface area contributed by atoms with E-state index in [1.54, 1.807) is 67.0 Å². The number of Topliss-reactive ketones (excluding diaryl/α,β-unsaturated/α-hetero) is 1. The molecule has 7 heteroatoms. The Morgan fingerprint density at radius 3 is 2.23 bits per heavy atom. The third kappa shape index (κ3) is 5.52. The van der Waals surface area contributed by atoms with Gasteiger partial charge in [0, 0.05) is 24.5 Å². The molecule has 0 saturated carbocycles. The Morgan fingerprint density at radius 1 is 0.846 bits per heavy atom. The van der Waals surface area contributed by atoms with Crippen LogP contribution in [0.15, 0.2) is 109 Å². The molecule has 0 aliphatic carbocycles. The number of carbonyl (C=O) groups excluding carboxylic acids is 2. The number of hydrogen-bond donors (Lipinski definition) is 1. The summed E-state index contributed by atoms with van der Waals surface area (Å²) < 4.78 is 12.0. The van der Waals surface area contributed by atoms with E-state index in [4.69, 9.17) is 9.47 Å². The molecule has 7 nitrogen and oxygen atoms in total. The molecule has 0 radical (unpaired) electrons. The number of likely N-dealkylation sites (tertiary alicyclic amines) is 1. The zero-order valence-electron chi connectivity index (χ0n) is 21.5. The number of amides is 1. The van der Waals surface area contributed by atoms with E-state index in [-0.39, 0.29) is 17.9 Å². The number of aromatic nitrogens is 1. The lowest BCUT2D eigenvalue weighted by molar-refractivity contribution is -0.140. The fourth-order valence-electron chi connectivity index (χ4n) is 4.64. The van der Waals surface area contributed by atoms with E-state index in [0.29, 0.717) is 35.8 Å². The van der Waals surface area contributed by atoms with Crippen LogP contribution in [-0.2, 0) is 22.7 Å². The van der Waals surface area contributed by atoms with E-state index < -0.39 is 17.7 Å². The van der Waals surface area contributed by atoms with Crippen molar-refractivity contribution in [1.29, 1.82) is 0 Å². The molecule has 196 valence electrons. The third-order valence-electron chi connectivity index (χ3n) is 6.51. The number of hydrogen-bond acceptors (Lipinski definition) is 6. The largest absolute Gasteiger partial charge is 0.507 e. The first-order chi connectivity index (χ1) is 19.1. The quantitative estimate of drug-likeness (QED) is 0.174. The van der Waals surface area contributed by atoms with Crippen molar-refractivity contribution in [2.45, 2.75) is 26.1 Å². The Kier molecular flexibility index (Phi) is 7.68. The molecule has 2 heterocycles. The second-order valence-corrected chi connectivity index (χ2v) is 9.06. The first-order valence-electron chi connectivity index (χ1n) is 12.7. The number of benzene rings is 3. The first-order valence-corrected chi connectivity index (χ1v) is 12.7. The van der Waals surface area contributed by atoms with Gasteiger partial charge in [0.2, 0.25) is 0 Å². The lowest BCUT2D eigenvalue weighted by Crippen LogP contribution is -2.29. The van der Waals surface area contributed by atoms with Crippen LogP contribution in [0.5, 0.6) is 11.5 Å². The van der Waals surface area contributed by atoms with E-state index in [1.165, 1.54) is 4.90 Å². The van der Waals surface area contributed by atoms with Crippen molar-refractivity contribution in [1.82, 2.24) is 9.88 Å². The first kappa shape index (κ1) is 25.7. The molecule has 0 spiro atoms. The van der Waals surface area contributed by atoms with Gasteiger partial charge >= 0.3 is 0 Å². The van der Waals surface area contributed by atoms with Crippen LogP contribution in [0.4, 0.5) is 0 Å².